The molecule has 0 heterocycles. The Kier molecular flexibility index (Phi) is 53.8. The van der Waals surface area contributed by atoms with Crippen LogP contribution >= 0.6 is 0 Å². The lowest BCUT2D eigenvalue weighted by atomic mass is 10.0. The lowest BCUT2D eigenvalue weighted by Crippen LogP contribution is -2.30. The van der Waals surface area contributed by atoms with Gasteiger partial charge in [0.2, 0.25) is 0 Å². The minimum Gasteiger partial charge on any atom is -0.462 e. The molecule has 0 aromatic heterocycles. The van der Waals surface area contributed by atoms with Crippen molar-refractivity contribution < 1.29 is 28.6 Å². The fraction of sp³-hybridized carbons (Fsp3) is 0.820. The lowest BCUT2D eigenvalue weighted by Gasteiger charge is -2.18. The summed E-state index contributed by atoms with van der Waals surface area (Å²) in [5.74, 6) is -0.881. The summed E-state index contributed by atoms with van der Waals surface area (Å²) in [6, 6.07) is 0. The summed E-state index contributed by atoms with van der Waals surface area (Å²) in [5.41, 5.74) is 0. The molecule has 0 aliphatic heterocycles. The summed E-state index contributed by atoms with van der Waals surface area (Å²) in [5, 5.41) is 0. The summed E-state index contributed by atoms with van der Waals surface area (Å²) in [6.07, 6.45) is 68.1. The summed E-state index contributed by atoms with van der Waals surface area (Å²) in [7, 11) is 0. The van der Waals surface area contributed by atoms with Crippen LogP contribution in [0.1, 0.15) is 303 Å². The van der Waals surface area contributed by atoms with Gasteiger partial charge in [-0.1, -0.05) is 256 Å². The van der Waals surface area contributed by atoms with E-state index in [1.165, 1.54) is 167 Å². The number of ether oxygens (including phenoxy) is 3. The van der Waals surface area contributed by atoms with Crippen molar-refractivity contribution in [3.8, 4) is 0 Å². The lowest BCUT2D eigenvalue weighted by molar-refractivity contribution is -0.167. The number of hydrogen-bond donors (Lipinski definition) is 0. The highest BCUT2D eigenvalue weighted by Crippen LogP contribution is 2.16. The average Bonchev–Trinajstić information content (AvgIpc) is 3.33. The van der Waals surface area contributed by atoms with Crippen LogP contribution in [-0.4, -0.2) is 37.2 Å². The Morgan fingerprint density at radius 2 is 0.582 bits per heavy atom. The van der Waals surface area contributed by atoms with E-state index in [0.717, 1.165) is 96.3 Å². The average molecular weight is 940 g/mol. The van der Waals surface area contributed by atoms with Crippen LogP contribution in [0.4, 0.5) is 0 Å². The normalized spacial score (nSPS) is 12.3. The quantitative estimate of drug-likeness (QED) is 0.0262. The standard InChI is InChI=1S/C61H110O6/c1-4-7-10-13-16-19-22-25-28-29-30-31-34-36-39-42-45-48-51-54-60(63)66-57-58(67-61(64)55-52-49-46-43-40-37-33-27-24-21-18-15-12-9-6-3)56-65-59(62)53-50-47-44-41-38-35-32-26-23-20-17-14-11-8-5-2/h9,12,18,21,25,27-28,33,58H,4-8,10-11,13-17,19-20,22-24,26,29-32,34-57H2,1-3H3/b12-9+,21-18+,28-25+,33-27+/t58-/m1/s1. The van der Waals surface area contributed by atoms with E-state index >= 15 is 0 Å². The zero-order valence-corrected chi connectivity index (χ0v) is 44.7. The number of carbonyl (C=O) groups excluding carboxylic acids is 3. The number of rotatable bonds is 53. The first-order chi connectivity index (χ1) is 33.0. The van der Waals surface area contributed by atoms with E-state index in [4.69, 9.17) is 14.2 Å². The van der Waals surface area contributed by atoms with Crippen molar-refractivity contribution in [2.75, 3.05) is 13.2 Å². The van der Waals surface area contributed by atoms with E-state index in [-0.39, 0.29) is 31.1 Å². The number of hydrogen-bond acceptors (Lipinski definition) is 6. The molecule has 0 fully saturated rings. The fourth-order valence-electron chi connectivity index (χ4n) is 8.45. The molecule has 0 aromatic carbocycles. The molecule has 0 N–H and O–H groups in total. The van der Waals surface area contributed by atoms with Gasteiger partial charge in [-0.3, -0.25) is 14.4 Å². The third-order valence-electron chi connectivity index (χ3n) is 12.8. The van der Waals surface area contributed by atoms with Crippen molar-refractivity contribution in [2.45, 2.75) is 309 Å². The zero-order chi connectivity index (χ0) is 48.6. The van der Waals surface area contributed by atoms with E-state index in [2.05, 4.69) is 69.4 Å². The molecule has 0 aliphatic carbocycles. The molecular weight excluding hydrogens is 829 g/mol. The topological polar surface area (TPSA) is 78.9 Å². The van der Waals surface area contributed by atoms with Gasteiger partial charge in [-0.05, 0) is 77.0 Å². The Morgan fingerprint density at radius 1 is 0.313 bits per heavy atom. The van der Waals surface area contributed by atoms with Gasteiger partial charge in [0.25, 0.3) is 0 Å². The molecule has 6 heteroatoms. The van der Waals surface area contributed by atoms with Crippen LogP contribution in [0.5, 0.6) is 0 Å². The van der Waals surface area contributed by atoms with Crippen molar-refractivity contribution in [2.24, 2.45) is 0 Å². The van der Waals surface area contributed by atoms with E-state index in [1.807, 2.05) is 0 Å². The Morgan fingerprint density at radius 3 is 0.925 bits per heavy atom. The van der Waals surface area contributed by atoms with Crippen LogP contribution < -0.4 is 0 Å². The molecule has 67 heavy (non-hydrogen) atoms. The van der Waals surface area contributed by atoms with Crippen molar-refractivity contribution in [1.82, 2.24) is 0 Å². The third-order valence-corrected chi connectivity index (χ3v) is 12.8. The first-order valence-corrected chi connectivity index (χ1v) is 29.1. The Hall–Kier alpha value is -2.63. The van der Waals surface area contributed by atoms with Gasteiger partial charge in [0, 0.05) is 19.3 Å². The number of carbonyl (C=O) groups is 3. The van der Waals surface area contributed by atoms with Gasteiger partial charge in [0.05, 0.1) is 0 Å². The van der Waals surface area contributed by atoms with Gasteiger partial charge in [-0.15, -0.1) is 0 Å². The van der Waals surface area contributed by atoms with Gasteiger partial charge in [0.15, 0.2) is 6.10 Å². The summed E-state index contributed by atoms with van der Waals surface area (Å²) in [4.78, 5) is 38.2. The summed E-state index contributed by atoms with van der Waals surface area (Å²) in [6.45, 7) is 6.55. The maximum atomic E-state index is 12.8. The van der Waals surface area contributed by atoms with Gasteiger partial charge in [0.1, 0.15) is 13.2 Å². The molecule has 0 saturated carbocycles. The first kappa shape index (κ1) is 64.4. The third kappa shape index (κ3) is 54.2. The second kappa shape index (κ2) is 56.0. The van der Waals surface area contributed by atoms with Crippen LogP contribution in [0, 0.1) is 0 Å². The SMILES string of the molecule is CC/C=C/C/C=C/C/C=C/CCCCCCCC(=O)O[C@@H](COC(=O)CCCCCCCCCCC/C=C/CCCCCCCC)COC(=O)CCCCCCCCCCCCCCCCC. The summed E-state index contributed by atoms with van der Waals surface area (Å²) < 4.78 is 16.9. The molecule has 0 bridgehead atoms. The minimum absolute atomic E-state index is 0.0776. The van der Waals surface area contributed by atoms with Gasteiger partial charge in [-0.25, -0.2) is 0 Å². The second-order valence-electron chi connectivity index (χ2n) is 19.5. The molecule has 0 aliphatic rings. The molecule has 0 spiro atoms. The highest BCUT2D eigenvalue weighted by Gasteiger charge is 2.19. The van der Waals surface area contributed by atoms with Crippen molar-refractivity contribution in [1.29, 1.82) is 0 Å². The van der Waals surface area contributed by atoms with E-state index in [9.17, 15) is 14.4 Å². The Bertz CT molecular complexity index is 1170. The predicted molar refractivity (Wildman–Crippen MR) is 289 cm³/mol. The number of allylic oxidation sites excluding steroid dienone is 8. The molecule has 1 atom stereocenters. The fourth-order valence-corrected chi connectivity index (χ4v) is 8.45. The maximum absolute atomic E-state index is 12.8. The van der Waals surface area contributed by atoms with Crippen molar-refractivity contribution in [3.05, 3.63) is 48.6 Å². The highest BCUT2D eigenvalue weighted by atomic mass is 16.6. The smallest absolute Gasteiger partial charge is 0.306 e. The van der Waals surface area contributed by atoms with Gasteiger partial charge >= 0.3 is 17.9 Å². The highest BCUT2D eigenvalue weighted by molar-refractivity contribution is 5.71. The Labute approximate surface area is 416 Å². The maximum Gasteiger partial charge on any atom is 0.306 e. The van der Waals surface area contributed by atoms with Crippen LogP contribution in [-0.2, 0) is 28.6 Å². The van der Waals surface area contributed by atoms with Crippen LogP contribution in [0.2, 0.25) is 0 Å². The molecule has 0 radical (unpaired) electrons. The van der Waals surface area contributed by atoms with E-state index in [0.29, 0.717) is 19.3 Å². The minimum atomic E-state index is -0.781. The molecule has 0 rings (SSSR count). The number of esters is 3. The van der Waals surface area contributed by atoms with Gasteiger partial charge in [-0.2, -0.15) is 0 Å². The summed E-state index contributed by atoms with van der Waals surface area (Å²) >= 11 is 0. The molecule has 0 saturated heterocycles. The molecule has 0 amide bonds. The van der Waals surface area contributed by atoms with Gasteiger partial charge < -0.3 is 14.2 Å². The van der Waals surface area contributed by atoms with Crippen molar-refractivity contribution >= 4 is 17.9 Å². The second-order valence-corrected chi connectivity index (χ2v) is 19.5. The van der Waals surface area contributed by atoms with Crippen molar-refractivity contribution in [3.63, 3.8) is 0 Å². The van der Waals surface area contributed by atoms with E-state index < -0.39 is 6.10 Å². The largest absolute Gasteiger partial charge is 0.462 e. The predicted octanol–water partition coefficient (Wildman–Crippen LogP) is 19.4. The molecule has 0 aromatic rings. The zero-order valence-electron chi connectivity index (χ0n) is 44.7. The molecular formula is C61H110O6. The van der Waals surface area contributed by atoms with Crippen LogP contribution in [0.25, 0.3) is 0 Å². The van der Waals surface area contributed by atoms with Crippen LogP contribution in [0.15, 0.2) is 48.6 Å². The van der Waals surface area contributed by atoms with Crippen LogP contribution in [0.3, 0.4) is 0 Å². The molecule has 0 unspecified atom stereocenters. The Balaban J connectivity index is 4.35. The monoisotopic (exact) mass is 939 g/mol. The molecule has 6 nitrogen and oxygen atoms in total. The number of unbranched alkanes of at least 4 members (excludes halogenated alkanes) is 34. The van der Waals surface area contributed by atoms with E-state index in [1.54, 1.807) is 0 Å². The first-order valence-electron chi connectivity index (χ1n) is 29.1. The molecule has 390 valence electrons.